The second-order valence-electron chi connectivity index (χ2n) is 7.75. The Morgan fingerprint density at radius 1 is 1.03 bits per heavy atom. The molecule has 3 aromatic carbocycles. The summed E-state index contributed by atoms with van der Waals surface area (Å²) in [7, 11) is 0. The Bertz CT molecular complexity index is 1350. The summed E-state index contributed by atoms with van der Waals surface area (Å²) in [5.74, 6) is -3.03. The first kappa shape index (κ1) is 24.5. The van der Waals surface area contributed by atoms with Crippen LogP contribution in [0.15, 0.2) is 66.9 Å². The summed E-state index contributed by atoms with van der Waals surface area (Å²) in [5.41, 5.74) is 1.41. The number of benzene rings is 3. The molecule has 1 amide bonds. The molecule has 0 fully saturated rings. The highest BCUT2D eigenvalue weighted by atomic mass is 35.5. The molecule has 35 heavy (non-hydrogen) atoms. The molecule has 0 aliphatic rings. The van der Waals surface area contributed by atoms with Crippen LogP contribution in [0.1, 0.15) is 18.6 Å². The number of aromatic nitrogens is 2. The van der Waals surface area contributed by atoms with Crippen LogP contribution < -0.4 is 10.1 Å². The lowest BCUT2D eigenvalue weighted by atomic mass is 10.0. The number of carbonyl (C=O) groups excluding carboxylic acids is 1. The molecule has 1 aromatic heterocycles. The Morgan fingerprint density at radius 2 is 1.74 bits per heavy atom. The van der Waals surface area contributed by atoms with Crippen molar-refractivity contribution >= 4 is 28.4 Å². The van der Waals surface area contributed by atoms with Crippen molar-refractivity contribution in [2.24, 2.45) is 0 Å². The third-order valence-corrected chi connectivity index (χ3v) is 5.38. The van der Waals surface area contributed by atoms with Gasteiger partial charge in [0.1, 0.15) is 23.5 Å². The van der Waals surface area contributed by atoms with Gasteiger partial charge >= 0.3 is 12.1 Å². The second kappa shape index (κ2) is 9.53. The largest absolute Gasteiger partial charge is 0.484 e. The predicted octanol–water partition coefficient (Wildman–Crippen LogP) is 6.14. The first-order valence-corrected chi connectivity index (χ1v) is 10.6. The van der Waals surface area contributed by atoms with Crippen LogP contribution in [0.5, 0.6) is 5.75 Å². The number of ether oxygens (including phenoxy) is 1. The third kappa shape index (κ3) is 5.54. The van der Waals surface area contributed by atoms with E-state index in [1.54, 1.807) is 35.0 Å². The Balaban J connectivity index is 1.67. The molecule has 0 saturated carbocycles. The summed E-state index contributed by atoms with van der Waals surface area (Å²) in [4.78, 5) is 11.5. The Kier molecular flexibility index (Phi) is 6.66. The molecule has 0 radical (unpaired) electrons. The fourth-order valence-electron chi connectivity index (χ4n) is 3.58. The maximum Gasteiger partial charge on any atom is 0.471 e. The predicted molar refractivity (Wildman–Crippen MR) is 119 cm³/mol. The summed E-state index contributed by atoms with van der Waals surface area (Å²) in [6.45, 7) is 1.30. The molecule has 0 saturated heterocycles. The molecule has 11 heteroatoms. The van der Waals surface area contributed by atoms with Gasteiger partial charge in [-0.05, 0) is 73.2 Å². The summed E-state index contributed by atoms with van der Waals surface area (Å²) in [6, 6.07) is 12.8. The number of fused-ring (bicyclic) bond motifs is 1. The second-order valence-corrected chi connectivity index (χ2v) is 8.19. The number of hydrogen-bond acceptors (Lipinski definition) is 3. The molecule has 5 nitrogen and oxygen atoms in total. The van der Waals surface area contributed by atoms with Crippen LogP contribution in [-0.4, -0.2) is 27.9 Å². The Morgan fingerprint density at radius 3 is 2.40 bits per heavy atom. The summed E-state index contributed by atoms with van der Waals surface area (Å²) < 4.78 is 73.2. The van der Waals surface area contributed by atoms with Crippen LogP contribution in [0.4, 0.5) is 22.0 Å². The monoisotopic (exact) mass is 509 g/mol. The van der Waals surface area contributed by atoms with Crippen molar-refractivity contribution in [1.82, 2.24) is 15.1 Å². The maximum absolute atomic E-state index is 14.0. The third-order valence-electron chi connectivity index (χ3n) is 5.16. The van der Waals surface area contributed by atoms with Gasteiger partial charge in [-0.2, -0.15) is 18.3 Å². The zero-order chi connectivity index (χ0) is 25.3. The molecule has 182 valence electrons. The molecule has 0 aliphatic carbocycles. The number of rotatable bonds is 6. The number of alkyl halides is 3. The van der Waals surface area contributed by atoms with E-state index in [9.17, 15) is 26.7 Å². The van der Waals surface area contributed by atoms with Crippen molar-refractivity contribution in [3.8, 4) is 11.4 Å². The maximum atomic E-state index is 14.0. The van der Waals surface area contributed by atoms with Gasteiger partial charge in [-0.15, -0.1) is 0 Å². The van der Waals surface area contributed by atoms with E-state index in [2.05, 4.69) is 5.10 Å². The van der Waals surface area contributed by atoms with Crippen molar-refractivity contribution < 1.29 is 31.5 Å². The van der Waals surface area contributed by atoms with Crippen LogP contribution in [-0.2, 0) is 4.79 Å². The van der Waals surface area contributed by atoms with Crippen molar-refractivity contribution in [2.45, 2.75) is 25.2 Å². The van der Waals surface area contributed by atoms with Gasteiger partial charge in [-0.1, -0.05) is 11.6 Å². The smallest absolute Gasteiger partial charge is 0.471 e. The van der Waals surface area contributed by atoms with Crippen LogP contribution in [0, 0.1) is 11.6 Å². The van der Waals surface area contributed by atoms with Gasteiger partial charge in [-0.3, -0.25) is 4.79 Å². The fourth-order valence-corrected chi connectivity index (χ4v) is 3.81. The van der Waals surface area contributed by atoms with Crippen LogP contribution in [0.2, 0.25) is 5.02 Å². The van der Waals surface area contributed by atoms with E-state index >= 15 is 0 Å². The Hall–Kier alpha value is -3.66. The number of hydrogen-bond donors (Lipinski definition) is 1. The summed E-state index contributed by atoms with van der Waals surface area (Å²) in [6.07, 6.45) is -4.78. The van der Waals surface area contributed by atoms with E-state index in [0.717, 1.165) is 12.1 Å². The van der Waals surface area contributed by atoms with Crippen molar-refractivity contribution in [3.05, 3.63) is 89.1 Å². The Labute approximate surface area is 201 Å². The molecule has 0 aliphatic heterocycles. The minimum atomic E-state index is -5.10. The molecular formula is C24H17ClF5N3O2. The molecule has 4 aromatic rings. The van der Waals surface area contributed by atoms with Gasteiger partial charge in [-0.25, -0.2) is 13.5 Å². The van der Waals surface area contributed by atoms with Crippen LogP contribution >= 0.6 is 11.6 Å². The molecule has 0 bridgehead atoms. The van der Waals surface area contributed by atoms with Gasteiger partial charge in [0.25, 0.3) is 0 Å². The van der Waals surface area contributed by atoms with E-state index in [1.807, 2.05) is 5.32 Å². The van der Waals surface area contributed by atoms with Crippen LogP contribution in [0.25, 0.3) is 16.6 Å². The van der Waals surface area contributed by atoms with E-state index in [-0.39, 0.29) is 16.3 Å². The molecule has 2 atom stereocenters. The lowest BCUT2D eigenvalue weighted by molar-refractivity contribution is -0.174. The van der Waals surface area contributed by atoms with Gasteiger partial charge in [0.15, 0.2) is 0 Å². The lowest BCUT2D eigenvalue weighted by Crippen LogP contribution is -2.45. The summed E-state index contributed by atoms with van der Waals surface area (Å²) in [5, 5.41) is 6.76. The minimum absolute atomic E-state index is 0.0129. The summed E-state index contributed by atoms with van der Waals surface area (Å²) >= 11 is 5.93. The fraction of sp³-hybridized carbons (Fsp3) is 0.167. The minimum Gasteiger partial charge on any atom is -0.484 e. The van der Waals surface area contributed by atoms with E-state index < -0.39 is 35.9 Å². The first-order chi connectivity index (χ1) is 16.5. The van der Waals surface area contributed by atoms with Gasteiger partial charge < -0.3 is 10.1 Å². The number of halogens is 6. The van der Waals surface area contributed by atoms with Crippen molar-refractivity contribution in [2.75, 3.05) is 0 Å². The van der Waals surface area contributed by atoms with Gasteiger partial charge in [0.05, 0.1) is 23.4 Å². The lowest BCUT2D eigenvalue weighted by Gasteiger charge is -2.27. The molecular weight excluding hydrogens is 493 g/mol. The molecule has 1 heterocycles. The topological polar surface area (TPSA) is 56.1 Å². The van der Waals surface area contributed by atoms with Gasteiger partial charge in [0.2, 0.25) is 0 Å². The molecule has 4 rings (SSSR count). The standard InChI is InChI=1S/C24H17ClF5N3O2/c1-13(32-23(34)24(28,29)30)22(14-8-16(25)11-18(27)9-14)35-20-6-7-21-15(10-20)12-31-33(21)19-4-2-17(26)3-5-19/h2-13,22H,1H3,(H,32,34). The highest BCUT2D eigenvalue weighted by Gasteiger charge is 2.40. The molecule has 2 unspecified atom stereocenters. The zero-order valence-corrected chi connectivity index (χ0v) is 18.7. The van der Waals surface area contributed by atoms with Gasteiger partial charge in [0, 0.05) is 10.4 Å². The molecule has 1 N–H and O–H groups in total. The quantitative estimate of drug-likeness (QED) is 0.317. The highest BCUT2D eigenvalue weighted by molar-refractivity contribution is 6.30. The van der Waals surface area contributed by atoms with E-state index in [1.165, 1.54) is 31.3 Å². The number of nitrogens with zero attached hydrogens (tertiary/aromatic N) is 2. The average Bonchev–Trinajstić information content (AvgIpc) is 3.19. The number of amides is 1. The van der Waals surface area contributed by atoms with E-state index in [4.69, 9.17) is 16.3 Å². The van der Waals surface area contributed by atoms with E-state index in [0.29, 0.717) is 16.6 Å². The molecule has 0 spiro atoms. The average molecular weight is 510 g/mol. The number of nitrogens with one attached hydrogen (secondary N) is 1. The SMILES string of the molecule is CC(NC(=O)C(F)(F)F)C(Oc1ccc2c(cnn2-c2ccc(F)cc2)c1)c1cc(F)cc(Cl)c1. The first-order valence-electron chi connectivity index (χ1n) is 10.3. The zero-order valence-electron chi connectivity index (χ0n) is 18.0. The van der Waals surface area contributed by atoms with Crippen LogP contribution in [0.3, 0.4) is 0 Å². The van der Waals surface area contributed by atoms with Crippen molar-refractivity contribution in [3.63, 3.8) is 0 Å². The number of carbonyl (C=O) groups is 1. The normalized spacial score (nSPS) is 13.5. The highest BCUT2D eigenvalue weighted by Crippen LogP contribution is 2.31. The van der Waals surface area contributed by atoms with Crippen molar-refractivity contribution in [1.29, 1.82) is 0 Å².